The van der Waals surface area contributed by atoms with Crippen LogP contribution in [-0.4, -0.2) is 19.6 Å². The molecule has 0 saturated heterocycles. The van der Waals surface area contributed by atoms with Gasteiger partial charge in [0.1, 0.15) is 0 Å². The molecule has 0 aromatic heterocycles. The third kappa shape index (κ3) is 3.65. The molecule has 2 rings (SSSR count). The number of benzene rings is 2. The summed E-state index contributed by atoms with van der Waals surface area (Å²) in [4.78, 5) is 2.45. The van der Waals surface area contributed by atoms with E-state index in [4.69, 9.17) is 0 Å². The second kappa shape index (κ2) is 6.71. The molecular formula is C20H28IO2-. The first-order valence-electron chi connectivity index (χ1n) is 7.92. The van der Waals surface area contributed by atoms with Crippen molar-refractivity contribution in [1.82, 2.24) is 0 Å². The van der Waals surface area contributed by atoms with Crippen molar-refractivity contribution < 1.29 is 28.6 Å². The number of hydrogen-bond donors (Lipinski definition) is 2. The molecule has 0 heterocycles. The Bertz CT molecular complexity index is 690. The van der Waals surface area contributed by atoms with Crippen LogP contribution in [0.4, 0.5) is 0 Å². The zero-order valence-corrected chi connectivity index (χ0v) is 17.2. The number of aromatic hydroxyl groups is 2. The van der Waals surface area contributed by atoms with E-state index < -0.39 is 18.4 Å². The number of halogens is 1. The van der Waals surface area contributed by atoms with Crippen molar-refractivity contribution in [2.45, 2.75) is 39.0 Å². The minimum atomic E-state index is -2.18. The Morgan fingerprint density at radius 3 is 1.57 bits per heavy atom. The standard InChI is InChI=1S/C20H28IO2/c1-7-21(6,18-10-15(4)20(23)16(5)11-18)12-17-8-13(2)19(22)14(3)9-17/h8-11,22-23H,7,12H2,1-6H3/q-1. The van der Waals surface area contributed by atoms with Crippen molar-refractivity contribution in [3.05, 3.63) is 55.7 Å². The SMILES string of the molecule is CC[I-](C)(Cc1cc(C)c(O)c(C)c1)c1cc(C)c(O)c(C)c1. The Labute approximate surface area is 144 Å². The Morgan fingerprint density at radius 2 is 1.17 bits per heavy atom. The first-order valence-corrected chi connectivity index (χ1v) is 14.2. The average molecular weight is 427 g/mol. The predicted octanol–water partition coefficient (Wildman–Crippen LogP) is 1.51. The number of aryl methyl sites for hydroxylation is 4. The summed E-state index contributed by atoms with van der Waals surface area (Å²) in [7, 11) is 0. The van der Waals surface area contributed by atoms with Gasteiger partial charge >= 0.3 is 144 Å². The minimum absolute atomic E-state index is 0.412. The van der Waals surface area contributed by atoms with Crippen molar-refractivity contribution >= 4 is 0 Å². The summed E-state index contributed by atoms with van der Waals surface area (Å²) in [5.41, 5.74) is 5.18. The van der Waals surface area contributed by atoms with Gasteiger partial charge in [0.15, 0.2) is 0 Å². The molecule has 0 radical (unpaired) electrons. The van der Waals surface area contributed by atoms with E-state index >= 15 is 0 Å². The van der Waals surface area contributed by atoms with E-state index in [-0.39, 0.29) is 0 Å². The molecule has 23 heavy (non-hydrogen) atoms. The molecule has 0 amide bonds. The molecule has 0 aliphatic rings. The van der Waals surface area contributed by atoms with Crippen LogP contribution in [-0.2, 0) is 4.43 Å². The van der Waals surface area contributed by atoms with Gasteiger partial charge in [-0.25, -0.2) is 0 Å². The molecule has 0 saturated carbocycles. The average Bonchev–Trinajstić information content (AvgIpc) is 2.49. The van der Waals surface area contributed by atoms with Crippen molar-refractivity contribution in [1.29, 1.82) is 0 Å². The maximum absolute atomic E-state index is 10.1. The van der Waals surface area contributed by atoms with E-state index in [0.717, 1.165) is 26.7 Å². The number of hydrogen-bond acceptors (Lipinski definition) is 2. The van der Waals surface area contributed by atoms with Gasteiger partial charge < -0.3 is 0 Å². The second-order valence-corrected chi connectivity index (χ2v) is 16.8. The zero-order chi connectivity index (χ0) is 17.4. The second-order valence-electron chi connectivity index (χ2n) is 6.55. The number of rotatable bonds is 4. The molecule has 128 valence electrons. The van der Waals surface area contributed by atoms with Crippen LogP contribution in [0.3, 0.4) is 0 Å². The third-order valence-corrected chi connectivity index (χ3v) is 14.1. The van der Waals surface area contributed by atoms with Gasteiger partial charge in [-0.2, -0.15) is 0 Å². The van der Waals surface area contributed by atoms with Crippen LogP contribution < -0.4 is 18.4 Å². The molecule has 2 aromatic carbocycles. The first kappa shape index (κ1) is 18.1. The fourth-order valence-electron chi connectivity index (χ4n) is 2.96. The Hall–Kier alpha value is -1.23. The van der Waals surface area contributed by atoms with Crippen LogP contribution in [0.2, 0.25) is 0 Å². The molecule has 1 unspecified atom stereocenters. The van der Waals surface area contributed by atoms with Gasteiger partial charge in [-0.05, 0) is 0 Å². The van der Waals surface area contributed by atoms with Crippen molar-refractivity contribution in [2.75, 3.05) is 9.36 Å². The summed E-state index contributed by atoms with van der Waals surface area (Å²) in [6.07, 6.45) is 0. The van der Waals surface area contributed by atoms with Gasteiger partial charge in [0.05, 0.1) is 0 Å². The van der Waals surface area contributed by atoms with Gasteiger partial charge in [0.25, 0.3) is 0 Å². The van der Waals surface area contributed by atoms with E-state index in [2.05, 4.69) is 36.1 Å². The fourth-order valence-corrected chi connectivity index (χ4v) is 9.64. The monoisotopic (exact) mass is 427 g/mol. The van der Waals surface area contributed by atoms with Crippen molar-refractivity contribution in [2.24, 2.45) is 0 Å². The number of phenols is 2. The Kier molecular flexibility index (Phi) is 5.29. The molecule has 0 spiro atoms. The third-order valence-electron chi connectivity index (χ3n) is 4.57. The molecule has 0 aliphatic carbocycles. The van der Waals surface area contributed by atoms with Gasteiger partial charge in [-0.15, -0.1) is 0 Å². The van der Waals surface area contributed by atoms with Gasteiger partial charge in [0.2, 0.25) is 0 Å². The van der Waals surface area contributed by atoms with Crippen LogP contribution in [0.1, 0.15) is 34.7 Å². The number of phenolic OH excluding ortho intramolecular Hbond substituents is 2. The molecule has 2 nitrogen and oxygen atoms in total. The fraction of sp³-hybridized carbons (Fsp3) is 0.400. The molecule has 0 bridgehead atoms. The van der Waals surface area contributed by atoms with E-state index in [1.165, 1.54) is 13.6 Å². The predicted molar refractivity (Wildman–Crippen MR) is 94.0 cm³/mol. The molecule has 2 N–H and O–H groups in total. The van der Waals surface area contributed by atoms with E-state index in [9.17, 15) is 10.2 Å². The normalized spacial score (nSPS) is 15.2. The Morgan fingerprint density at radius 1 is 0.783 bits per heavy atom. The van der Waals surface area contributed by atoms with Gasteiger partial charge in [-0.3, -0.25) is 0 Å². The molecule has 1 atom stereocenters. The molecule has 2 aromatic rings. The van der Waals surface area contributed by atoms with E-state index in [0.29, 0.717) is 11.5 Å². The molecular weight excluding hydrogens is 399 g/mol. The Balaban J connectivity index is 2.46. The van der Waals surface area contributed by atoms with E-state index in [1.807, 2.05) is 27.7 Å². The van der Waals surface area contributed by atoms with Gasteiger partial charge in [-0.1, -0.05) is 0 Å². The zero-order valence-electron chi connectivity index (χ0n) is 15.0. The summed E-state index contributed by atoms with van der Waals surface area (Å²) >= 11 is -2.18. The maximum atomic E-state index is 10.1. The van der Waals surface area contributed by atoms with Crippen LogP contribution in [0.15, 0.2) is 24.3 Å². The topological polar surface area (TPSA) is 40.5 Å². The van der Waals surface area contributed by atoms with Crippen LogP contribution in [0.25, 0.3) is 0 Å². The quantitative estimate of drug-likeness (QED) is 0.574. The molecule has 3 heteroatoms. The summed E-state index contributed by atoms with van der Waals surface area (Å²) < 4.78 is 3.72. The number of alkyl halides is 3. The summed E-state index contributed by atoms with van der Waals surface area (Å²) in [6.45, 7) is 10.2. The molecule has 0 aliphatic heterocycles. The summed E-state index contributed by atoms with van der Waals surface area (Å²) in [5, 5.41) is 20.0. The first-order chi connectivity index (χ1) is 10.7. The van der Waals surface area contributed by atoms with E-state index in [1.54, 1.807) is 0 Å². The van der Waals surface area contributed by atoms with Crippen molar-refractivity contribution in [3.63, 3.8) is 0 Å². The summed E-state index contributed by atoms with van der Waals surface area (Å²) in [5.74, 6) is 0.833. The van der Waals surface area contributed by atoms with Crippen molar-refractivity contribution in [3.8, 4) is 11.5 Å². The summed E-state index contributed by atoms with van der Waals surface area (Å²) in [6, 6.07) is 8.62. The van der Waals surface area contributed by atoms with Crippen LogP contribution >= 0.6 is 0 Å². The van der Waals surface area contributed by atoms with Gasteiger partial charge in [0, 0.05) is 0 Å². The van der Waals surface area contributed by atoms with Crippen LogP contribution in [0.5, 0.6) is 11.5 Å². The molecule has 0 fully saturated rings. The van der Waals surface area contributed by atoms with Crippen LogP contribution in [0, 0.1) is 31.3 Å².